The molecule has 0 saturated carbocycles. The summed E-state index contributed by atoms with van der Waals surface area (Å²) in [6.07, 6.45) is 0. The van der Waals surface area contributed by atoms with E-state index in [2.05, 4.69) is 10.1 Å². The number of methoxy groups -OCH3 is 2. The second-order valence-electron chi connectivity index (χ2n) is 5.45. The summed E-state index contributed by atoms with van der Waals surface area (Å²) in [6.45, 7) is 1.58. The van der Waals surface area contributed by atoms with Gasteiger partial charge in [-0.2, -0.15) is 4.98 Å². The van der Waals surface area contributed by atoms with Crippen LogP contribution in [0.1, 0.15) is 23.2 Å². The van der Waals surface area contributed by atoms with E-state index in [-0.39, 0.29) is 12.4 Å². The Labute approximate surface area is 150 Å². The predicted molar refractivity (Wildman–Crippen MR) is 93.6 cm³/mol. The molecule has 0 saturated heterocycles. The van der Waals surface area contributed by atoms with Gasteiger partial charge in [0.15, 0.2) is 23.9 Å². The van der Waals surface area contributed by atoms with Crippen LogP contribution in [0.2, 0.25) is 0 Å². The van der Waals surface area contributed by atoms with Gasteiger partial charge in [-0.05, 0) is 49.4 Å². The molecule has 2 aromatic carbocycles. The van der Waals surface area contributed by atoms with Crippen molar-refractivity contribution in [2.45, 2.75) is 13.5 Å². The topological polar surface area (TPSA) is 83.7 Å². The Hall–Kier alpha value is -3.35. The molecule has 0 N–H and O–H groups in total. The third-order valence-corrected chi connectivity index (χ3v) is 3.74. The van der Waals surface area contributed by atoms with Crippen LogP contribution in [-0.4, -0.2) is 30.1 Å². The Morgan fingerprint density at radius 3 is 2.46 bits per heavy atom. The molecule has 3 rings (SSSR count). The van der Waals surface area contributed by atoms with Crippen LogP contribution in [0.5, 0.6) is 17.2 Å². The maximum atomic E-state index is 11.4. The van der Waals surface area contributed by atoms with Gasteiger partial charge in [0.25, 0.3) is 5.89 Å². The molecule has 3 aromatic rings. The molecule has 0 aliphatic heterocycles. The van der Waals surface area contributed by atoms with Crippen molar-refractivity contribution in [1.29, 1.82) is 0 Å². The van der Waals surface area contributed by atoms with Crippen molar-refractivity contribution in [3.8, 4) is 28.6 Å². The van der Waals surface area contributed by atoms with E-state index in [1.807, 2.05) is 24.3 Å². The number of carbonyl (C=O) groups excluding carboxylic acids is 1. The van der Waals surface area contributed by atoms with Crippen LogP contribution in [-0.2, 0) is 6.61 Å². The molecular weight excluding hydrogens is 336 g/mol. The lowest BCUT2D eigenvalue weighted by Gasteiger charge is -2.09. The highest BCUT2D eigenvalue weighted by Gasteiger charge is 2.12. The lowest BCUT2D eigenvalue weighted by Crippen LogP contribution is -2.00. The van der Waals surface area contributed by atoms with Crippen LogP contribution in [0.3, 0.4) is 0 Å². The summed E-state index contributed by atoms with van der Waals surface area (Å²) in [5.41, 5.74) is 1.36. The Morgan fingerprint density at radius 1 is 1.04 bits per heavy atom. The molecule has 0 radical (unpaired) electrons. The van der Waals surface area contributed by atoms with E-state index in [9.17, 15) is 4.79 Å². The number of ketones is 1. The minimum absolute atomic E-state index is 0.0455. The highest BCUT2D eigenvalue weighted by Crippen LogP contribution is 2.29. The summed E-state index contributed by atoms with van der Waals surface area (Å²) in [5.74, 6) is 2.45. The van der Waals surface area contributed by atoms with Crippen LogP contribution < -0.4 is 14.2 Å². The van der Waals surface area contributed by atoms with Crippen LogP contribution in [0, 0.1) is 0 Å². The Morgan fingerprint density at radius 2 is 1.81 bits per heavy atom. The first-order valence-electron chi connectivity index (χ1n) is 7.89. The average Bonchev–Trinajstić information content (AvgIpc) is 3.15. The molecule has 0 bridgehead atoms. The Kier molecular flexibility index (Phi) is 5.17. The molecule has 7 nitrogen and oxygen atoms in total. The van der Waals surface area contributed by atoms with Gasteiger partial charge in [-0.3, -0.25) is 4.79 Å². The van der Waals surface area contributed by atoms with E-state index in [4.69, 9.17) is 18.7 Å². The summed E-state index contributed by atoms with van der Waals surface area (Å²) in [7, 11) is 3.12. The maximum absolute atomic E-state index is 11.4. The van der Waals surface area contributed by atoms with E-state index >= 15 is 0 Å². The third kappa shape index (κ3) is 3.83. The number of benzene rings is 2. The zero-order valence-electron chi connectivity index (χ0n) is 14.7. The first-order valence-corrected chi connectivity index (χ1v) is 7.89. The molecule has 0 aliphatic rings. The van der Waals surface area contributed by atoms with Crippen molar-refractivity contribution in [2.24, 2.45) is 0 Å². The number of Topliss-reactive ketones (excluding diaryl/α,β-unsaturated/α-hetero) is 1. The zero-order valence-corrected chi connectivity index (χ0v) is 14.7. The number of nitrogens with zero attached hydrogens (tertiary/aromatic N) is 2. The van der Waals surface area contributed by atoms with Gasteiger partial charge in [0, 0.05) is 11.1 Å². The van der Waals surface area contributed by atoms with Crippen LogP contribution in [0.15, 0.2) is 47.0 Å². The molecule has 0 spiro atoms. The van der Waals surface area contributed by atoms with Gasteiger partial charge >= 0.3 is 0 Å². The monoisotopic (exact) mass is 354 g/mol. The second-order valence-corrected chi connectivity index (χ2v) is 5.45. The maximum Gasteiger partial charge on any atom is 0.264 e. The van der Waals surface area contributed by atoms with E-state index in [1.165, 1.54) is 14.0 Å². The largest absolute Gasteiger partial charge is 0.497 e. The molecule has 1 heterocycles. The molecular formula is C19H18N2O5. The smallest absolute Gasteiger partial charge is 0.264 e. The molecule has 0 unspecified atom stereocenters. The number of ether oxygens (including phenoxy) is 3. The van der Waals surface area contributed by atoms with Crippen LogP contribution in [0.4, 0.5) is 0 Å². The molecule has 1 aromatic heterocycles. The highest BCUT2D eigenvalue weighted by atomic mass is 16.5. The van der Waals surface area contributed by atoms with Crippen molar-refractivity contribution in [2.75, 3.05) is 14.2 Å². The Bertz CT molecular complexity index is 903. The first-order chi connectivity index (χ1) is 12.6. The Balaban J connectivity index is 1.70. The molecule has 0 amide bonds. The van der Waals surface area contributed by atoms with Gasteiger partial charge in [-0.25, -0.2) is 0 Å². The predicted octanol–water partition coefficient (Wildman–Crippen LogP) is 3.54. The lowest BCUT2D eigenvalue weighted by molar-refractivity contribution is 0.101. The molecule has 0 atom stereocenters. The van der Waals surface area contributed by atoms with E-state index in [0.717, 1.165) is 11.3 Å². The van der Waals surface area contributed by atoms with Crippen molar-refractivity contribution < 1.29 is 23.5 Å². The normalized spacial score (nSPS) is 10.4. The number of aromatic nitrogens is 2. The van der Waals surface area contributed by atoms with Gasteiger partial charge in [0.1, 0.15) is 5.75 Å². The molecule has 134 valence electrons. The average molecular weight is 354 g/mol. The lowest BCUT2D eigenvalue weighted by atomic mass is 10.1. The molecule has 0 aliphatic carbocycles. The van der Waals surface area contributed by atoms with E-state index in [1.54, 1.807) is 25.3 Å². The van der Waals surface area contributed by atoms with E-state index < -0.39 is 0 Å². The van der Waals surface area contributed by atoms with Gasteiger partial charge in [0.05, 0.1) is 14.2 Å². The summed E-state index contributed by atoms with van der Waals surface area (Å²) < 4.78 is 21.3. The minimum atomic E-state index is -0.0455. The van der Waals surface area contributed by atoms with Gasteiger partial charge in [-0.15, -0.1) is 0 Å². The van der Waals surface area contributed by atoms with Crippen molar-refractivity contribution in [3.63, 3.8) is 0 Å². The third-order valence-electron chi connectivity index (χ3n) is 3.74. The summed E-state index contributed by atoms with van der Waals surface area (Å²) in [6, 6.07) is 12.3. The quantitative estimate of drug-likeness (QED) is 0.600. The number of rotatable bonds is 7. The van der Waals surface area contributed by atoms with Crippen LogP contribution >= 0.6 is 0 Å². The summed E-state index contributed by atoms with van der Waals surface area (Å²) in [5, 5.41) is 3.95. The number of carbonyl (C=O) groups is 1. The van der Waals surface area contributed by atoms with E-state index in [0.29, 0.717) is 28.8 Å². The standard InChI is InChI=1S/C19H18N2O5/c1-12(22)14-6-9-16(17(10-14)24-3)25-11-18-20-19(21-26-18)13-4-7-15(23-2)8-5-13/h4-10H,11H2,1-3H3. The van der Waals surface area contributed by atoms with Gasteiger partial charge in [0.2, 0.25) is 5.82 Å². The molecule has 7 heteroatoms. The van der Waals surface area contributed by atoms with Gasteiger partial charge < -0.3 is 18.7 Å². The minimum Gasteiger partial charge on any atom is -0.497 e. The highest BCUT2D eigenvalue weighted by molar-refractivity contribution is 5.94. The van der Waals surface area contributed by atoms with Crippen molar-refractivity contribution in [3.05, 3.63) is 53.9 Å². The molecule has 26 heavy (non-hydrogen) atoms. The number of hydrogen-bond acceptors (Lipinski definition) is 7. The number of hydrogen-bond donors (Lipinski definition) is 0. The van der Waals surface area contributed by atoms with Crippen LogP contribution in [0.25, 0.3) is 11.4 Å². The second kappa shape index (κ2) is 7.69. The fraction of sp³-hybridized carbons (Fsp3) is 0.211. The molecule has 0 fully saturated rings. The SMILES string of the molecule is COc1ccc(-c2noc(COc3ccc(C(C)=O)cc3OC)n2)cc1. The van der Waals surface area contributed by atoms with Crippen molar-refractivity contribution in [1.82, 2.24) is 10.1 Å². The van der Waals surface area contributed by atoms with Crippen molar-refractivity contribution >= 4 is 5.78 Å². The summed E-state index contributed by atoms with van der Waals surface area (Å²) in [4.78, 5) is 15.8. The fourth-order valence-electron chi connectivity index (χ4n) is 2.32. The van der Waals surface area contributed by atoms with Gasteiger partial charge in [-0.1, -0.05) is 5.16 Å². The fourth-order valence-corrected chi connectivity index (χ4v) is 2.32. The zero-order chi connectivity index (χ0) is 18.5. The first kappa shape index (κ1) is 17.5. The summed E-state index contributed by atoms with van der Waals surface area (Å²) >= 11 is 0.